The smallest absolute Gasteiger partial charge is 0.419 e. The minimum Gasteiger partial charge on any atom is -0.463 e. The summed E-state index contributed by atoms with van der Waals surface area (Å²) in [7, 11) is 0. The molecule has 0 radical (unpaired) electrons. The Morgan fingerprint density at radius 2 is 1.90 bits per heavy atom. The summed E-state index contributed by atoms with van der Waals surface area (Å²) in [6, 6.07) is 17.4. The van der Waals surface area contributed by atoms with E-state index in [2.05, 4.69) is 17.0 Å². The number of hydrogen-bond acceptors (Lipinski definition) is 6. The fourth-order valence-corrected chi connectivity index (χ4v) is 3.55. The molecule has 4 rings (SSSR count). The molecule has 0 aliphatic carbocycles. The number of esters is 1. The summed E-state index contributed by atoms with van der Waals surface area (Å²) in [5.41, 5.74) is 2.44. The van der Waals surface area contributed by atoms with E-state index in [0.717, 1.165) is 13.1 Å². The van der Waals surface area contributed by atoms with Crippen molar-refractivity contribution >= 4 is 17.1 Å². The number of carbonyl (C=O) groups excluding carboxylic acids is 1. The molecule has 1 aliphatic heterocycles. The third kappa shape index (κ3) is 4.93. The second-order valence-corrected chi connectivity index (χ2v) is 7.13. The fourth-order valence-electron chi connectivity index (χ4n) is 3.55. The Hall–Kier alpha value is -2.90. The highest BCUT2D eigenvalue weighted by Gasteiger charge is 2.22. The lowest BCUT2D eigenvalue weighted by atomic mass is 10.2. The summed E-state index contributed by atoms with van der Waals surface area (Å²) in [6.07, 6.45) is -0.0435. The molecule has 152 valence electrons. The monoisotopic (exact) mass is 396 g/mol. The Kier molecular flexibility index (Phi) is 6.07. The van der Waals surface area contributed by atoms with Crippen LogP contribution in [0.15, 0.2) is 63.8 Å². The molecule has 0 bridgehead atoms. The molecule has 0 spiro atoms. The molecule has 1 saturated heterocycles. The van der Waals surface area contributed by atoms with Crippen molar-refractivity contribution in [2.45, 2.75) is 25.6 Å². The molecule has 29 heavy (non-hydrogen) atoms. The second-order valence-electron chi connectivity index (χ2n) is 7.13. The first-order chi connectivity index (χ1) is 14.2. The molecule has 0 amide bonds. The maximum Gasteiger partial charge on any atom is 0.419 e. The number of morpholine rings is 1. The van der Waals surface area contributed by atoms with Gasteiger partial charge in [0, 0.05) is 26.2 Å². The van der Waals surface area contributed by atoms with E-state index in [-0.39, 0.29) is 31.6 Å². The van der Waals surface area contributed by atoms with E-state index in [4.69, 9.17) is 13.9 Å². The minimum atomic E-state index is -0.467. The van der Waals surface area contributed by atoms with Crippen LogP contribution in [0.2, 0.25) is 0 Å². The third-order valence-corrected chi connectivity index (χ3v) is 5.02. The lowest BCUT2D eigenvalue weighted by molar-refractivity contribution is -0.150. The van der Waals surface area contributed by atoms with Crippen molar-refractivity contribution in [1.29, 1.82) is 0 Å². The molecule has 1 aliphatic rings. The topological polar surface area (TPSA) is 73.9 Å². The molecule has 3 aromatic rings. The van der Waals surface area contributed by atoms with E-state index >= 15 is 0 Å². The molecule has 1 atom stereocenters. The van der Waals surface area contributed by atoms with Gasteiger partial charge in [-0.1, -0.05) is 42.5 Å². The predicted octanol–water partition coefficient (Wildman–Crippen LogP) is 2.43. The lowest BCUT2D eigenvalue weighted by Gasteiger charge is -2.32. The Bertz CT molecular complexity index is 1010. The van der Waals surface area contributed by atoms with Crippen LogP contribution in [0.4, 0.5) is 0 Å². The Morgan fingerprint density at radius 1 is 1.10 bits per heavy atom. The van der Waals surface area contributed by atoms with Gasteiger partial charge in [-0.25, -0.2) is 4.79 Å². The number of carbonyl (C=O) groups is 1. The predicted molar refractivity (Wildman–Crippen MR) is 108 cm³/mol. The third-order valence-electron chi connectivity index (χ3n) is 5.02. The van der Waals surface area contributed by atoms with Crippen molar-refractivity contribution < 1.29 is 18.7 Å². The molecule has 0 saturated carbocycles. The van der Waals surface area contributed by atoms with E-state index in [1.54, 1.807) is 18.2 Å². The number of hydrogen-bond donors (Lipinski definition) is 0. The quantitative estimate of drug-likeness (QED) is 0.571. The summed E-state index contributed by atoms with van der Waals surface area (Å²) in [4.78, 5) is 26.4. The van der Waals surface area contributed by atoms with E-state index in [1.807, 2.05) is 24.3 Å². The van der Waals surface area contributed by atoms with Crippen LogP contribution in [0.25, 0.3) is 11.1 Å². The highest BCUT2D eigenvalue weighted by molar-refractivity contribution is 5.73. The van der Waals surface area contributed by atoms with Gasteiger partial charge in [0.2, 0.25) is 0 Å². The number of fused-ring (bicyclic) bond motifs is 1. The van der Waals surface area contributed by atoms with E-state index in [1.165, 1.54) is 10.1 Å². The number of benzene rings is 2. The van der Waals surface area contributed by atoms with Gasteiger partial charge in [0.05, 0.1) is 18.5 Å². The van der Waals surface area contributed by atoms with E-state index in [9.17, 15) is 9.59 Å². The van der Waals surface area contributed by atoms with Gasteiger partial charge in [-0.15, -0.1) is 0 Å². The summed E-state index contributed by atoms with van der Waals surface area (Å²) in [6.45, 7) is 3.48. The summed E-state index contributed by atoms with van der Waals surface area (Å²) in [5, 5.41) is 0. The van der Waals surface area contributed by atoms with Crippen molar-refractivity contribution in [1.82, 2.24) is 9.47 Å². The highest BCUT2D eigenvalue weighted by atomic mass is 16.6. The van der Waals surface area contributed by atoms with Crippen LogP contribution in [-0.2, 0) is 27.4 Å². The zero-order chi connectivity index (χ0) is 20.1. The molecule has 1 fully saturated rings. The van der Waals surface area contributed by atoms with Gasteiger partial charge in [-0.3, -0.25) is 14.3 Å². The Balaban J connectivity index is 1.25. The number of ether oxygens (including phenoxy) is 2. The van der Waals surface area contributed by atoms with Crippen LogP contribution in [0.3, 0.4) is 0 Å². The number of oxazole rings is 1. The number of aryl methyl sites for hydroxylation is 1. The summed E-state index contributed by atoms with van der Waals surface area (Å²) in [5.74, 6) is -0.822. The molecule has 1 unspecified atom stereocenters. The average Bonchev–Trinajstić information content (AvgIpc) is 3.07. The molecule has 2 heterocycles. The summed E-state index contributed by atoms with van der Waals surface area (Å²) >= 11 is 0. The zero-order valence-electron chi connectivity index (χ0n) is 16.2. The van der Waals surface area contributed by atoms with Crippen LogP contribution in [0.5, 0.6) is 0 Å². The molecular formula is C22H24N2O5. The first-order valence-corrected chi connectivity index (χ1v) is 9.81. The first-order valence-electron chi connectivity index (χ1n) is 9.81. The lowest BCUT2D eigenvalue weighted by Crippen LogP contribution is -2.44. The van der Waals surface area contributed by atoms with Crippen molar-refractivity contribution in [3.05, 3.63) is 70.7 Å². The van der Waals surface area contributed by atoms with E-state index < -0.39 is 5.76 Å². The van der Waals surface area contributed by atoms with Crippen LogP contribution < -0.4 is 5.76 Å². The Morgan fingerprint density at radius 3 is 2.76 bits per heavy atom. The van der Waals surface area contributed by atoms with Crippen LogP contribution in [0, 0.1) is 0 Å². The van der Waals surface area contributed by atoms with Crippen LogP contribution >= 0.6 is 0 Å². The normalized spacial score (nSPS) is 17.4. The van der Waals surface area contributed by atoms with Crippen LogP contribution in [0.1, 0.15) is 12.0 Å². The Labute approximate surface area is 168 Å². The van der Waals surface area contributed by atoms with Crippen molar-refractivity contribution in [2.24, 2.45) is 0 Å². The van der Waals surface area contributed by atoms with Crippen molar-refractivity contribution in [2.75, 3.05) is 26.3 Å². The van der Waals surface area contributed by atoms with Gasteiger partial charge in [0.25, 0.3) is 0 Å². The first kappa shape index (κ1) is 19.4. The van der Waals surface area contributed by atoms with Crippen molar-refractivity contribution in [3.63, 3.8) is 0 Å². The summed E-state index contributed by atoms with van der Waals surface area (Å²) < 4.78 is 17.8. The number of aromatic nitrogens is 1. The maximum absolute atomic E-state index is 12.2. The number of nitrogens with zero attached hydrogens (tertiary/aromatic N) is 2. The molecule has 1 aromatic heterocycles. The SMILES string of the molecule is O=C(CCn1c(=O)oc2ccccc21)OCC1CN(Cc2ccccc2)CCO1. The number of para-hydroxylation sites is 2. The van der Waals surface area contributed by atoms with Gasteiger partial charge in [-0.2, -0.15) is 0 Å². The van der Waals surface area contributed by atoms with Gasteiger partial charge >= 0.3 is 11.7 Å². The standard InChI is InChI=1S/C22H24N2O5/c25-21(10-11-24-19-8-4-5-9-20(19)29-22(24)26)28-16-18-15-23(12-13-27-18)14-17-6-2-1-3-7-17/h1-9,18H,10-16H2. The van der Waals surface area contributed by atoms with Gasteiger partial charge in [0.1, 0.15) is 12.7 Å². The molecular weight excluding hydrogens is 372 g/mol. The average molecular weight is 396 g/mol. The molecule has 0 N–H and O–H groups in total. The molecule has 7 heteroatoms. The largest absolute Gasteiger partial charge is 0.463 e. The molecule has 2 aromatic carbocycles. The zero-order valence-corrected chi connectivity index (χ0v) is 16.2. The number of rotatable bonds is 7. The highest BCUT2D eigenvalue weighted by Crippen LogP contribution is 2.13. The van der Waals surface area contributed by atoms with E-state index in [0.29, 0.717) is 24.3 Å². The van der Waals surface area contributed by atoms with Crippen LogP contribution in [-0.4, -0.2) is 47.8 Å². The fraction of sp³-hybridized carbons (Fsp3) is 0.364. The molecule has 7 nitrogen and oxygen atoms in total. The van der Waals surface area contributed by atoms with Gasteiger partial charge < -0.3 is 13.9 Å². The van der Waals surface area contributed by atoms with Gasteiger partial charge in [0.15, 0.2) is 5.58 Å². The maximum atomic E-state index is 12.2. The van der Waals surface area contributed by atoms with Gasteiger partial charge in [-0.05, 0) is 17.7 Å². The second kappa shape index (κ2) is 9.07. The van der Waals surface area contributed by atoms with Crippen molar-refractivity contribution in [3.8, 4) is 0 Å². The minimum absolute atomic E-state index is 0.101.